The highest BCUT2D eigenvalue weighted by Crippen LogP contribution is 2.27. The fraction of sp³-hybridized carbons (Fsp3) is 0.615. The van der Waals surface area contributed by atoms with Gasteiger partial charge in [0.25, 0.3) is 0 Å². The highest BCUT2D eigenvalue weighted by Gasteiger charge is 2.44. The molecule has 0 aromatic heterocycles. The van der Waals surface area contributed by atoms with Crippen LogP contribution < -0.4 is 11.1 Å². The Hall–Kier alpha value is -1.97. The minimum atomic E-state index is -1.54. The number of amides is 2. The lowest BCUT2D eigenvalue weighted by Gasteiger charge is -2.35. The molecule has 9 nitrogen and oxygen atoms in total. The van der Waals surface area contributed by atoms with Gasteiger partial charge in [0.2, 0.25) is 0 Å². The third-order valence-corrected chi connectivity index (χ3v) is 3.62. The van der Waals surface area contributed by atoms with Crippen molar-refractivity contribution in [3.8, 4) is 0 Å². The molecule has 2 amide bonds. The molecule has 0 aromatic rings. The number of rotatable bonds is 4. The first-order valence-corrected chi connectivity index (χ1v) is 6.80. The van der Waals surface area contributed by atoms with Crippen molar-refractivity contribution in [2.75, 3.05) is 6.61 Å². The van der Waals surface area contributed by atoms with Crippen LogP contribution in [-0.4, -0.2) is 58.5 Å². The first kappa shape index (κ1) is 16.4. The van der Waals surface area contributed by atoms with Gasteiger partial charge >= 0.3 is 12.0 Å². The number of carbonyl (C=O) groups is 3. The standard InChI is InChI=1S/C13H19N3O6/c1-7(18)13(14)3-4-16(12(20)15-13)11-5-9(21-8(2)19)10(6-17)22-11/h3-4,9-11,17H,5-6,14H2,1-2H3,(H,15,20)/t9-,10+,11+,13?/m0/s1. The molecule has 2 aliphatic rings. The molecular weight excluding hydrogens is 294 g/mol. The maximum atomic E-state index is 12.1. The van der Waals surface area contributed by atoms with Crippen LogP contribution in [0.4, 0.5) is 4.79 Å². The number of aliphatic hydroxyl groups is 1. The van der Waals surface area contributed by atoms with E-state index in [1.807, 2.05) is 0 Å². The van der Waals surface area contributed by atoms with Crippen LogP contribution in [0.25, 0.3) is 0 Å². The van der Waals surface area contributed by atoms with Gasteiger partial charge in [0, 0.05) is 19.5 Å². The number of hydrogen-bond acceptors (Lipinski definition) is 7. The van der Waals surface area contributed by atoms with Crippen LogP contribution in [0, 0.1) is 0 Å². The summed E-state index contributed by atoms with van der Waals surface area (Å²) in [7, 11) is 0. The minimum absolute atomic E-state index is 0.209. The number of carbonyl (C=O) groups excluding carboxylic acids is 3. The smallest absolute Gasteiger partial charge is 0.325 e. The Morgan fingerprint density at radius 3 is 2.77 bits per heavy atom. The summed E-state index contributed by atoms with van der Waals surface area (Å²) in [4.78, 5) is 35.8. The van der Waals surface area contributed by atoms with Gasteiger partial charge in [-0.05, 0) is 13.0 Å². The SMILES string of the molecule is CC(=O)O[C@H]1C[C@H](N2C=CC(N)(C(C)=O)NC2=O)O[C@@H]1CO. The number of nitrogens with two attached hydrogens (primary N) is 1. The lowest BCUT2D eigenvalue weighted by molar-refractivity contribution is -0.150. The quantitative estimate of drug-likeness (QED) is 0.556. The van der Waals surface area contributed by atoms with E-state index in [-0.39, 0.29) is 13.0 Å². The van der Waals surface area contributed by atoms with E-state index in [0.29, 0.717) is 0 Å². The van der Waals surface area contributed by atoms with Crippen molar-refractivity contribution < 1.29 is 29.0 Å². The molecule has 2 aliphatic heterocycles. The zero-order valence-corrected chi connectivity index (χ0v) is 12.3. The summed E-state index contributed by atoms with van der Waals surface area (Å²) in [6, 6.07) is -0.606. The molecular formula is C13H19N3O6. The van der Waals surface area contributed by atoms with E-state index in [4.69, 9.17) is 15.2 Å². The Bertz CT molecular complexity index is 522. The van der Waals surface area contributed by atoms with Gasteiger partial charge in [0.15, 0.2) is 11.4 Å². The fourth-order valence-electron chi connectivity index (χ4n) is 2.35. The van der Waals surface area contributed by atoms with Crippen molar-refractivity contribution in [3.05, 3.63) is 12.3 Å². The third kappa shape index (κ3) is 3.11. The van der Waals surface area contributed by atoms with E-state index >= 15 is 0 Å². The van der Waals surface area contributed by atoms with Crippen LogP contribution in [-0.2, 0) is 19.1 Å². The van der Waals surface area contributed by atoms with E-state index in [1.54, 1.807) is 0 Å². The Kier molecular flexibility index (Phi) is 4.50. The van der Waals surface area contributed by atoms with Gasteiger partial charge in [-0.2, -0.15) is 0 Å². The largest absolute Gasteiger partial charge is 0.460 e. The summed E-state index contributed by atoms with van der Waals surface area (Å²) >= 11 is 0. The van der Waals surface area contributed by atoms with Gasteiger partial charge in [0.1, 0.15) is 18.4 Å². The highest BCUT2D eigenvalue weighted by atomic mass is 16.6. The Morgan fingerprint density at radius 1 is 1.59 bits per heavy atom. The van der Waals surface area contributed by atoms with Crippen molar-refractivity contribution >= 4 is 17.8 Å². The van der Waals surface area contributed by atoms with Crippen LogP contribution in [0.15, 0.2) is 12.3 Å². The predicted octanol–water partition coefficient (Wildman–Crippen LogP) is -1.19. The van der Waals surface area contributed by atoms with Crippen LogP contribution in [0.3, 0.4) is 0 Å². The van der Waals surface area contributed by atoms with Crippen LogP contribution >= 0.6 is 0 Å². The number of ether oxygens (including phenoxy) is 2. The first-order valence-electron chi connectivity index (χ1n) is 6.80. The van der Waals surface area contributed by atoms with Crippen molar-refractivity contribution in [3.63, 3.8) is 0 Å². The molecule has 1 unspecified atom stereocenters. The second kappa shape index (κ2) is 6.03. The molecule has 2 rings (SSSR count). The normalized spacial score (nSPS) is 34.5. The van der Waals surface area contributed by atoms with Crippen molar-refractivity contribution in [1.82, 2.24) is 10.2 Å². The van der Waals surface area contributed by atoms with Gasteiger partial charge < -0.3 is 19.9 Å². The van der Waals surface area contributed by atoms with E-state index in [0.717, 1.165) is 0 Å². The van der Waals surface area contributed by atoms with Gasteiger partial charge in [0.05, 0.1) is 6.61 Å². The monoisotopic (exact) mass is 313 g/mol. The van der Waals surface area contributed by atoms with Crippen molar-refractivity contribution in [2.45, 2.75) is 44.4 Å². The molecule has 0 aliphatic carbocycles. The number of urea groups is 1. The summed E-state index contributed by atoms with van der Waals surface area (Å²) in [5, 5.41) is 11.7. The van der Waals surface area contributed by atoms with Crippen LogP contribution in [0.1, 0.15) is 20.3 Å². The molecule has 9 heteroatoms. The van der Waals surface area contributed by atoms with Crippen LogP contribution in [0.2, 0.25) is 0 Å². The Balaban J connectivity index is 2.11. The molecule has 0 radical (unpaired) electrons. The molecule has 122 valence electrons. The molecule has 0 spiro atoms. The minimum Gasteiger partial charge on any atom is -0.460 e. The summed E-state index contributed by atoms with van der Waals surface area (Å²) in [6.45, 7) is 2.18. The Labute approximate surface area is 127 Å². The average molecular weight is 313 g/mol. The number of nitrogens with zero attached hydrogens (tertiary/aromatic N) is 1. The molecule has 0 saturated carbocycles. The molecule has 1 fully saturated rings. The molecule has 0 bridgehead atoms. The van der Waals surface area contributed by atoms with E-state index < -0.39 is 41.9 Å². The van der Waals surface area contributed by atoms with E-state index in [2.05, 4.69) is 5.32 Å². The zero-order valence-electron chi connectivity index (χ0n) is 12.3. The lowest BCUT2D eigenvalue weighted by Crippen LogP contribution is -2.65. The molecule has 1 saturated heterocycles. The number of nitrogens with one attached hydrogen (secondary N) is 1. The second-order valence-corrected chi connectivity index (χ2v) is 5.27. The van der Waals surface area contributed by atoms with Gasteiger partial charge in [-0.15, -0.1) is 0 Å². The number of aliphatic hydroxyl groups excluding tert-OH is 1. The number of ketones is 1. The molecule has 4 N–H and O–H groups in total. The molecule has 22 heavy (non-hydrogen) atoms. The van der Waals surface area contributed by atoms with Crippen molar-refractivity contribution in [2.24, 2.45) is 5.73 Å². The first-order chi connectivity index (χ1) is 10.3. The average Bonchev–Trinajstić information content (AvgIpc) is 2.80. The fourth-order valence-corrected chi connectivity index (χ4v) is 2.35. The number of hydrogen-bond donors (Lipinski definition) is 3. The van der Waals surface area contributed by atoms with Crippen molar-refractivity contribution in [1.29, 1.82) is 0 Å². The van der Waals surface area contributed by atoms with Crippen LogP contribution in [0.5, 0.6) is 0 Å². The molecule has 4 atom stereocenters. The Morgan fingerprint density at radius 2 is 2.27 bits per heavy atom. The van der Waals surface area contributed by atoms with Gasteiger partial charge in [-0.1, -0.05) is 0 Å². The summed E-state index contributed by atoms with van der Waals surface area (Å²) in [5.74, 6) is -0.904. The molecule has 2 heterocycles. The summed E-state index contributed by atoms with van der Waals surface area (Å²) in [5.41, 5.74) is 4.21. The second-order valence-electron chi connectivity index (χ2n) is 5.27. The number of esters is 1. The van der Waals surface area contributed by atoms with Gasteiger partial charge in [-0.25, -0.2) is 4.79 Å². The zero-order chi connectivity index (χ0) is 16.5. The maximum Gasteiger partial charge on any atom is 0.325 e. The van der Waals surface area contributed by atoms with E-state index in [1.165, 1.54) is 31.0 Å². The predicted molar refractivity (Wildman–Crippen MR) is 73.0 cm³/mol. The summed E-state index contributed by atoms with van der Waals surface area (Å²) < 4.78 is 10.6. The van der Waals surface area contributed by atoms with E-state index in [9.17, 15) is 19.5 Å². The lowest BCUT2D eigenvalue weighted by atomic mass is 10.1. The molecule has 0 aromatic carbocycles. The van der Waals surface area contributed by atoms with Gasteiger partial charge in [-0.3, -0.25) is 20.2 Å². The topological polar surface area (TPSA) is 131 Å². The maximum absolute atomic E-state index is 12.1. The summed E-state index contributed by atoms with van der Waals surface area (Å²) in [6.07, 6.45) is 0.830. The number of Topliss-reactive ketones (excluding diaryl/α,β-unsaturated/α-hetero) is 1. The highest BCUT2D eigenvalue weighted by molar-refractivity contribution is 5.93. The third-order valence-electron chi connectivity index (χ3n) is 3.62.